The molecule has 0 radical (unpaired) electrons. The molecule has 6 nitrogen and oxygen atoms in total. The molecule has 23 heavy (non-hydrogen) atoms. The summed E-state index contributed by atoms with van der Waals surface area (Å²) in [5.41, 5.74) is 1.34. The molecule has 122 valence electrons. The highest BCUT2D eigenvalue weighted by Gasteiger charge is 2.26. The molecule has 2 aliphatic rings. The van der Waals surface area contributed by atoms with E-state index in [4.69, 9.17) is 14.5 Å². The molecule has 7 heteroatoms. The molecule has 1 fully saturated rings. The number of aryl methyl sites for hydroxylation is 2. The standard InChI is InChI=1S/C16H20N4O2S/c1-21-12-7-17-16(18-8-12)22-11-5-6-20(9-11)10-15-19-13-3-2-4-14(13)23-15/h7-8,11H,2-6,9-10H2,1H3. The first-order valence-corrected chi connectivity index (χ1v) is 8.84. The Labute approximate surface area is 139 Å². The van der Waals surface area contributed by atoms with Gasteiger partial charge in [-0.05, 0) is 25.7 Å². The second kappa shape index (κ2) is 6.41. The summed E-state index contributed by atoms with van der Waals surface area (Å²) in [5, 5.41) is 1.25. The molecule has 1 aliphatic heterocycles. The maximum atomic E-state index is 5.87. The van der Waals surface area contributed by atoms with Crippen LogP contribution in [0.15, 0.2) is 12.4 Å². The normalized spacial score (nSPS) is 20.7. The minimum atomic E-state index is 0.148. The lowest BCUT2D eigenvalue weighted by molar-refractivity contribution is 0.183. The summed E-state index contributed by atoms with van der Waals surface area (Å²) in [5.74, 6) is 0.641. The Balaban J connectivity index is 1.31. The predicted molar refractivity (Wildman–Crippen MR) is 87.0 cm³/mol. The number of nitrogens with zero attached hydrogens (tertiary/aromatic N) is 4. The van der Waals surface area contributed by atoms with Gasteiger partial charge in [0, 0.05) is 18.0 Å². The first kappa shape index (κ1) is 14.8. The van der Waals surface area contributed by atoms with Crippen molar-refractivity contribution >= 4 is 11.3 Å². The maximum Gasteiger partial charge on any atom is 0.316 e. The van der Waals surface area contributed by atoms with Crippen LogP contribution in [0.3, 0.4) is 0 Å². The first-order valence-electron chi connectivity index (χ1n) is 8.02. The van der Waals surface area contributed by atoms with Gasteiger partial charge in [0.15, 0.2) is 5.75 Å². The largest absolute Gasteiger partial charge is 0.494 e. The topological polar surface area (TPSA) is 60.4 Å². The number of aromatic nitrogens is 3. The van der Waals surface area contributed by atoms with Gasteiger partial charge in [0.25, 0.3) is 0 Å². The van der Waals surface area contributed by atoms with E-state index in [1.165, 1.54) is 28.4 Å². The van der Waals surface area contributed by atoms with Crippen LogP contribution in [0.5, 0.6) is 11.8 Å². The number of likely N-dealkylation sites (tertiary alicyclic amines) is 1. The lowest BCUT2D eigenvalue weighted by Gasteiger charge is -2.14. The Hall–Kier alpha value is -1.73. The zero-order chi connectivity index (χ0) is 15.6. The molecule has 0 N–H and O–H groups in total. The summed E-state index contributed by atoms with van der Waals surface area (Å²) in [7, 11) is 1.60. The fourth-order valence-electron chi connectivity index (χ4n) is 3.16. The molecule has 0 amide bonds. The van der Waals surface area contributed by atoms with E-state index in [1.807, 2.05) is 11.3 Å². The summed E-state index contributed by atoms with van der Waals surface area (Å²) in [4.78, 5) is 17.0. The van der Waals surface area contributed by atoms with Crippen LogP contribution in [-0.2, 0) is 19.4 Å². The Bertz CT molecular complexity index is 652. The van der Waals surface area contributed by atoms with Gasteiger partial charge >= 0.3 is 6.01 Å². The van der Waals surface area contributed by atoms with Crippen molar-refractivity contribution in [2.75, 3.05) is 20.2 Å². The number of methoxy groups -OCH3 is 1. The highest BCUT2D eigenvalue weighted by Crippen LogP contribution is 2.29. The minimum Gasteiger partial charge on any atom is -0.494 e. The van der Waals surface area contributed by atoms with Gasteiger partial charge in [0.2, 0.25) is 0 Å². The van der Waals surface area contributed by atoms with E-state index in [1.54, 1.807) is 19.5 Å². The zero-order valence-electron chi connectivity index (χ0n) is 13.2. The van der Waals surface area contributed by atoms with Crippen molar-refractivity contribution in [1.82, 2.24) is 19.9 Å². The van der Waals surface area contributed by atoms with Gasteiger partial charge in [-0.1, -0.05) is 0 Å². The average molecular weight is 332 g/mol. The Morgan fingerprint density at radius 1 is 1.30 bits per heavy atom. The van der Waals surface area contributed by atoms with Crippen LogP contribution in [0.4, 0.5) is 0 Å². The fraction of sp³-hybridized carbons (Fsp3) is 0.562. The average Bonchev–Trinajstić information content (AvgIpc) is 3.25. The Kier molecular flexibility index (Phi) is 4.13. The van der Waals surface area contributed by atoms with E-state index in [-0.39, 0.29) is 6.10 Å². The van der Waals surface area contributed by atoms with Gasteiger partial charge in [-0.3, -0.25) is 4.90 Å². The number of ether oxygens (including phenoxy) is 2. The highest BCUT2D eigenvalue weighted by atomic mass is 32.1. The van der Waals surface area contributed by atoms with Crippen molar-refractivity contribution in [2.24, 2.45) is 0 Å². The third-order valence-electron chi connectivity index (χ3n) is 4.34. The van der Waals surface area contributed by atoms with Crippen LogP contribution in [-0.4, -0.2) is 46.2 Å². The summed E-state index contributed by atoms with van der Waals surface area (Å²) in [6, 6.07) is 0.422. The minimum absolute atomic E-state index is 0.148. The molecule has 1 aliphatic carbocycles. The molecule has 0 bridgehead atoms. The van der Waals surface area contributed by atoms with Crippen molar-refractivity contribution in [3.05, 3.63) is 28.0 Å². The highest BCUT2D eigenvalue weighted by molar-refractivity contribution is 7.11. The van der Waals surface area contributed by atoms with Crippen LogP contribution in [0.2, 0.25) is 0 Å². The number of fused-ring (bicyclic) bond motifs is 1. The van der Waals surface area contributed by atoms with Crippen molar-refractivity contribution in [2.45, 2.75) is 38.3 Å². The summed E-state index contributed by atoms with van der Waals surface area (Å²) < 4.78 is 10.9. The van der Waals surface area contributed by atoms with E-state index in [9.17, 15) is 0 Å². The summed E-state index contributed by atoms with van der Waals surface area (Å²) in [6.07, 6.45) is 8.06. The van der Waals surface area contributed by atoms with E-state index < -0.39 is 0 Å². The van der Waals surface area contributed by atoms with Crippen molar-refractivity contribution in [3.63, 3.8) is 0 Å². The molecular formula is C16H20N4O2S. The van der Waals surface area contributed by atoms with E-state index >= 15 is 0 Å². The SMILES string of the molecule is COc1cnc(OC2CCN(Cc3nc4c(s3)CCC4)C2)nc1. The Morgan fingerprint density at radius 2 is 2.17 bits per heavy atom. The summed E-state index contributed by atoms with van der Waals surface area (Å²) in [6.45, 7) is 2.87. The maximum absolute atomic E-state index is 5.87. The molecule has 1 atom stereocenters. The van der Waals surface area contributed by atoms with Crippen molar-refractivity contribution in [1.29, 1.82) is 0 Å². The molecule has 0 aromatic carbocycles. The molecule has 1 saturated heterocycles. The molecule has 0 saturated carbocycles. The molecular weight excluding hydrogens is 312 g/mol. The van der Waals surface area contributed by atoms with Crippen LogP contribution in [0, 0.1) is 0 Å². The van der Waals surface area contributed by atoms with Crippen molar-refractivity contribution < 1.29 is 9.47 Å². The second-order valence-electron chi connectivity index (χ2n) is 6.00. The first-order chi connectivity index (χ1) is 11.3. The van der Waals surface area contributed by atoms with Gasteiger partial charge in [-0.2, -0.15) is 9.97 Å². The van der Waals surface area contributed by atoms with Gasteiger partial charge in [0.05, 0.1) is 31.7 Å². The number of rotatable bonds is 5. The smallest absolute Gasteiger partial charge is 0.316 e. The van der Waals surface area contributed by atoms with E-state index in [0.717, 1.165) is 32.5 Å². The molecule has 0 spiro atoms. The molecule has 2 aromatic heterocycles. The lowest BCUT2D eigenvalue weighted by atomic mass is 10.3. The fourth-order valence-corrected chi connectivity index (χ4v) is 4.36. The number of thiazole rings is 1. The van der Waals surface area contributed by atoms with Gasteiger partial charge in [-0.15, -0.1) is 11.3 Å². The van der Waals surface area contributed by atoms with Crippen LogP contribution in [0.1, 0.15) is 28.4 Å². The third-order valence-corrected chi connectivity index (χ3v) is 5.48. The van der Waals surface area contributed by atoms with E-state index in [2.05, 4.69) is 14.9 Å². The molecule has 2 aromatic rings. The monoisotopic (exact) mass is 332 g/mol. The van der Waals surface area contributed by atoms with Crippen LogP contribution in [0.25, 0.3) is 0 Å². The van der Waals surface area contributed by atoms with Crippen LogP contribution < -0.4 is 9.47 Å². The molecule has 3 heterocycles. The predicted octanol–water partition coefficient (Wildman–Crippen LogP) is 2.08. The Morgan fingerprint density at radius 3 is 2.96 bits per heavy atom. The van der Waals surface area contributed by atoms with Gasteiger partial charge in [0.1, 0.15) is 11.1 Å². The second-order valence-corrected chi connectivity index (χ2v) is 7.17. The lowest BCUT2D eigenvalue weighted by Crippen LogP contribution is -2.25. The van der Waals surface area contributed by atoms with Crippen molar-refractivity contribution in [3.8, 4) is 11.8 Å². The molecule has 1 unspecified atom stereocenters. The van der Waals surface area contributed by atoms with Gasteiger partial charge in [-0.25, -0.2) is 4.98 Å². The summed E-state index contributed by atoms with van der Waals surface area (Å²) >= 11 is 1.89. The van der Waals surface area contributed by atoms with Gasteiger partial charge < -0.3 is 9.47 Å². The number of hydrogen-bond acceptors (Lipinski definition) is 7. The molecule has 4 rings (SSSR count). The quantitative estimate of drug-likeness (QED) is 0.835. The third kappa shape index (κ3) is 3.30. The van der Waals surface area contributed by atoms with Crippen LogP contribution >= 0.6 is 11.3 Å². The number of hydrogen-bond donors (Lipinski definition) is 0. The zero-order valence-corrected chi connectivity index (χ0v) is 14.0. The van der Waals surface area contributed by atoms with E-state index in [0.29, 0.717) is 11.8 Å².